The summed E-state index contributed by atoms with van der Waals surface area (Å²) in [6.45, 7) is 0.197. The molecule has 138 valence electrons. The number of nitrogens with one attached hydrogen (secondary N) is 1. The van der Waals surface area contributed by atoms with E-state index in [2.05, 4.69) is 36.2 Å². The fourth-order valence-electron chi connectivity index (χ4n) is 2.89. The third kappa shape index (κ3) is 3.10. The van der Waals surface area contributed by atoms with Gasteiger partial charge < -0.3 is 25.4 Å². The van der Waals surface area contributed by atoms with Crippen LogP contribution in [0.5, 0.6) is 0 Å². The first-order chi connectivity index (χ1) is 12.6. The van der Waals surface area contributed by atoms with Gasteiger partial charge in [0.25, 0.3) is 0 Å². The molecule has 0 aliphatic carbocycles. The Morgan fingerprint density at radius 2 is 2.08 bits per heavy atom. The van der Waals surface area contributed by atoms with Crippen LogP contribution in [0, 0.1) is 0 Å². The average Bonchev–Trinajstić information content (AvgIpc) is 3.32. The summed E-state index contributed by atoms with van der Waals surface area (Å²) >= 11 is 5.06. The van der Waals surface area contributed by atoms with Crippen LogP contribution in [-0.2, 0) is 11.3 Å². The number of hydrogen-bond acceptors (Lipinski definition) is 9. The molecule has 4 atom stereocenters. The number of aliphatic hydroxyl groups excluding tert-OH is 3. The molecule has 0 spiro atoms. The highest BCUT2D eigenvalue weighted by atomic mass is 79.9. The number of nitrogens with zero attached hydrogens (tertiary/aromatic N) is 4. The maximum Gasteiger partial charge on any atom is 0.167 e. The monoisotopic (exact) mass is 441 g/mol. The number of rotatable bonds is 5. The molecule has 11 heteroatoms. The number of fused-ring (bicyclic) bond motifs is 1. The van der Waals surface area contributed by atoms with Crippen molar-refractivity contribution in [1.29, 1.82) is 0 Å². The van der Waals surface area contributed by atoms with Crippen molar-refractivity contribution >= 4 is 44.2 Å². The van der Waals surface area contributed by atoms with E-state index in [0.717, 1.165) is 8.66 Å². The second-order valence-electron chi connectivity index (χ2n) is 5.83. The second kappa shape index (κ2) is 7.18. The molecule has 1 saturated heterocycles. The molecule has 3 aromatic rings. The lowest BCUT2D eigenvalue weighted by atomic mass is 10.1. The van der Waals surface area contributed by atoms with Crippen molar-refractivity contribution in [2.75, 3.05) is 11.9 Å². The molecule has 0 radical (unpaired) electrons. The van der Waals surface area contributed by atoms with Gasteiger partial charge in [0.05, 0.1) is 23.3 Å². The highest BCUT2D eigenvalue weighted by molar-refractivity contribution is 9.11. The Kier molecular flexibility index (Phi) is 4.90. The van der Waals surface area contributed by atoms with E-state index in [-0.39, 0.29) is 6.61 Å². The van der Waals surface area contributed by atoms with Crippen molar-refractivity contribution in [3.05, 3.63) is 33.5 Å². The molecule has 0 aromatic carbocycles. The third-order valence-corrected chi connectivity index (χ3v) is 5.83. The van der Waals surface area contributed by atoms with Crippen LogP contribution in [0.15, 0.2) is 28.6 Å². The normalized spacial score (nSPS) is 25.8. The highest BCUT2D eigenvalue weighted by Crippen LogP contribution is 2.32. The first-order valence-corrected chi connectivity index (χ1v) is 9.47. The summed E-state index contributed by atoms with van der Waals surface area (Å²) in [6, 6.07) is 3.99. The van der Waals surface area contributed by atoms with Crippen LogP contribution in [0.4, 0.5) is 5.82 Å². The molecule has 1 aliphatic rings. The van der Waals surface area contributed by atoms with Crippen LogP contribution in [-0.4, -0.2) is 59.8 Å². The lowest BCUT2D eigenvalue weighted by molar-refractivity contribution is -0.0511. The van der Waals surface area contributed by atoms with Crippen LogP contribution >= 0.6 is 27.3 Å². The van der Waals surface area contributed by atoms with Gasteiger partial charge in [0, 0.05) is 4.88 Å². The van der Waals surface area contributed by atoms with E-state index in [4.69, 9.17) is 4.74 Å². The predicted molar refractivity (Wildman–Crippen MR) is 97.7 cm³/mol. The van der Waals surface area contributed by atoms with Crippen LogP contribution in [0.25, 0.3) is 11.2 Å². The number of ether oxygens (including phenoxy) is 1. The Labute approximate surface area is 160 Å². The predicted octanol–water partition coefficient (Wildman–Crippen LogP) is 0.874. The largest absolute Gasteiger partial charge is 0.394 e. The minimum atomic E-state index is -1.20. The average molecular weight is 442 g/mol. The summed E-state index contributed by atoms with van der Waals surface area (Å²) in [7, 11) is 0. The van der Waals surface area contributed by atoms with Gasteiger partial charge in [-0.3, -0.25) is 4.57 Å². The van der Waals surface area contributed by atoms with Crippen LogP contribution in [0.1, 0.15) is 11.1 Å². The van der Waals surface area contributed by atoms with Gasteiger partial charge >= 0.3 is 0 Å². The molecule has 4 rings (SSSR count). The quantitative estimate of drug-likeness (QED) is 0.459. The molecule has 3 aromatic heterocycles. The Bertz CT molecular complexity index is 918. The first kappa shape index (κ1) is 17.8. The maximum atomic E-state index is 10.2. The number of hydrogen-bond donors (Lipinski definition) is 4. The molecule has 26 heavy (non-hydrogen) atoms. The smallest absolute Gasteiger partial charge is 0.167 e. The van der Waals surface area contributed by atoms with Crippen LogP contribution in [0.3, 0.4) is 0 Å². The first-order valence-electron chi connectivity index (χ1n) is 7.86. The van der Waals surface area contributed by atoms with E-state index in [9.17, 15) is 15.3 Å². The molecule has 4 unspecified atom stereocenters. The molecule has 0 bridgehead atoms. The summed E-state index contributed by atoms with van der Waals surface area (Å²) in [6.07, 6.45) is -1.24. The number of aromatic nitrogens is 4. The molecule has 9 nitrogen and oxygen atoms in total. The minimum absolute atomic E-state index is 0.389. The maximum absolute atomic E-state index is 10.2. The van der Waals surface area contributed by atoms with Crippen molar-refractivity contribution < 1.29 is 20.1 Å². The Morgan fingerprint density at radius 1 is 1.23 bits per heavy atom. The van der Waals surface area contributed by atoms with Crippen molar-refractivity contribution in [2.45, 2.75) is 31.1 Å². The van der Waals surface area contributed by atoms with Gasteiger partial charge in [-0.15, -0.1) is 11.3 Å². The Balaban J connectivity index is 1.61. The number of aliphatic hydroxyl groups is 3. The molecule has 0 saturated carbocycles. The van der Waals surface area contributed by atoms with Gasteiger partial charge in [0.2, 0.25) is 0 Å². The number of anilines is 1. The van der Waals surface area contributed by atoms with Gasteiger partial charge in [0.15, 0.2) is 23.2 Å². The zero-order chi connectivity index (χ0) is 18.3. The lowest BCUT2D eigenvalue weighted by Crippen LogP contribution is -2.33. The Hall–Kier alpha value is -1.63. The highest BCUT2D eigenvalue weighted by Gasteiger charge is 2.44. The topological polar surface area (TPSA) is 126 Å². The third-order valence-electron chi connectivity index (χ3n) is 4.21. The van der Waals surface area contributed by atoms with Gasteiger partial charge in [-0.2, -0.15) is 0 Å². The molecule has 0 amide bonds. The van der Waals surface area contributed by atoms with E-state index >= 15 is 0 Å². The molecular weight excluding hydrogens is 426 g/mol. The van der Waals surface area contributed by atoms with Gasteiger partial charge in [-0.1, -0.05) is 0 Å². The van der Waals surface area contributed by atoms with Crippen molar-refractivity contribution in [3.63, 3.8) is 0 Å². The van der Waals surface area contributed by atoms with Crippen molar-refractivity contribution in [1.82, 2.24) is 19.5 Å². The molecule has 1 aliphatic heterocycles. The van der Waals surface area contributed by atoms with Gasteiger partial charge in [-0.25, -0.2) is 15.0 Å². The van der Waals surface area contributed by atoms with Gasteiger partial charge in [0.1, 0.15) is 24.6 Å². The molecule has 4 N–H and O–H groups in total. The van der Waals surface area contributed by atoms with E-state index in [1.54, 1.807) is 11.3 Å². The number of halogens is 1. The summed E-state index contributed by atoms with van der Waals surface area (Å²) in [5, 5.41) is 32.6. The van der Waals surface area contributed by atoms with Gasteiger partial charge in [-0.05, 0) is 28.1 Å². The van der Waals surface area contributed by atoms with E-state index in [0.29, 0.717) is 23.5 Å². The van der Waals surface area contributed by atoms with E-state index in [1.165, 1.54) is 17.2 Å². The second-order valence-corrected chi connectivity index (χ2v) is 8.38. The standard InChI is InChI=1S/C15H16BrN5O4S/c16-9-2-1-7(26-9)3-17-13-10-14(19-5-18-13)21(6-20-10)15-12(24)11(23)8(4-22)25-15/h1-2,5-6,8,11-12,15,22-24H,3-4H2,(H,17,18,19). The number of imidazole rings is 1. The fourth-order valence-corrected chi connectivity index (χ4v) is 4.32. The summed E-state index contributed by atoms with van der Waals surface area (Å²) < 4.78 is 8.13. The fraction of sp³-hybridized carbons (Fsp3) is 0.400. The lowest BCUT2D eigenvalue weighted by Gasteiger charge is -2.16. The summed E-state index contributed by atoms with van der Waals surface area (Å²) in [5.74, 6) is 0.560. The zero-order valence-corrected chi connectivity index (χ0v) is 15.8. The van der Waals surface area contributed by atoms with Crippen molar-refractivity contribution in [3.8, 4) is 0 Å². The summed E-state index contributed by atoms with van der Waals surface area (Å²) in [4.78, 5) is 13.9. The summed E-state index contributed by atoms with van der Waals surface area (Å²) in [5.41, 5.74) is 0.991. The number of thiophene rings is 1. The van der Waals surface area contributed by atoms with E-state index in [1.807, 2.05) is 12.1 Å². The van der Waals surface area contributed by atoms with Crippen molar-refractivity contribution in [2.24, 2.45) is 0 Å². The molecule has 4 heterocycles. The molecule has 1 fully saturated rings. The van der Waals surface area contributed by atoms with Crippen LogP contribution < -0.4 is 5.32 Å². The Morgan fingerprint density at radius 3 is 2.77 bits per heavy atom. The SMILES string of the molecule is OCC1OC(n2cnc3c(NCc4ccc(Br)s4)ncnc32)C(O)C1O. The zero-order valence-electron chi connectivity index (χ0n) is 13.4. The van der Waals surface area contributed by atoms with E-state index < -0.39 is 24.5 Å². The molecular formula is C15H16BrN5O4S. The van der Waals surface area contributed by atoms with Crippen LogP contribution in [0.2, 0.25) is 0 Å². The minimum Gasteiger partial charge on any atom is -0.394 e.